The molecule has 0 aromatic heterocycles. The van der Waals surface area contributed by atoms with Crippen LogP contribution in [0.15, 0.2) is 46.4 Å². The second-order valence-corrected chi connectivity index (χ2v) is 8.67. The number of nitro benzene ring substituents is 1. The van der Waals surface area contributed by atoms with Crippen LogP contribution >= 0.6 is 23.2 Å². The van der Waals surface area contributed by atoms with Gasteiger partial charge in [0, 0.05) is 23.7 Å². The number of hydrogen-bond acceptors (Lipinski definition) is 7. The highest BCUT2D eigenvalue weighted by Gasteiger charge is 2.25. The standard InChI is InChI=1S/C17H16Cl2N4O6S/c1-22(30(27,28)16-8-12(18)4-5-13(16)19)10-17(24)21-20-9-11-3-6-15(29-2)14(7-11)23(25)26/h3-9H,10H2,1-2H3,(H,21,24)/b20-9-. The van der Waals surface area contributed by atoms with Crippen molar-refractivity contribution >= 4 is 51.0 Å². The van der Waals surface area contributed by atoms with E-state index in [1.807, 2.05) is 0 Å². The number of hydrogen-bond donors (Lipinski definition) is 1. The Bertz CT molecular complexity index is 1110. The number of hydrazone groups is 1. The maximum absolute atomic E-state index is 12.6. The fraction of sp³-hybridized carbons (Fsp3) is 0.176. The second-order valence-electron chi connectivity index (χ2n) is 5.82. The minimum absolute atomic E-state index is 0.0363. The predicted octanol–water partition coefficient (Wildman–Crippen LogP) is 2.68. The Kier molecular flexibility index (Phi) is 7.73. The smallest absolute Gasteiger partial charge is 0.311 e. The first-order valence-corrected chi connectivity index (χ1v) is 10.3. The molecular weight excluding hydrogens is 459 g/mol. The highest BCUT2D eigenvalue weighted by atomic mass is 35.5. The fourth-order valence-corrected chi connectivity index (χ4v) is 4.13. The molecular formula is C17H16Cl2N4O6S. The molecule has 0 aliphatic carbocycles. The first-order chi connectivity index (χ1) is 14.1. The zero-order valence-corrected chi connectivity index (χ0v) is 18.0. The first-order valence-electron chi connectivity index (χ1n) is 8.12. The first kappa shape index (κ1) is 23.5. The van der Waals surface area contributed by atoms with E-state index in [1.54, 1.807) is 0 Å². The van der Waals surface area contributed by atoms with Crippen molar-refractivity contribution in [3.8, 4) is 5.75 Å². The molecule has 2 aromatic carbocycles. The van der Waals surface area contributed by atoms with Crippen LogP contribution in [0, 0.1) is 10.1 Å². The van der Waals surface area contributed by atoms with Crippen LogP contribution in [-0.2, 0) is 14.8 Å². The molecule has 2 rings (SSSR count). The van der Waals surface area contributed by atoms with Gasteiger partial charge in [-0.1, -0.05) is 23.2 Å². The number of carbonyl (C=O) groups excluding carboxylic acids is 1. The van der Waals surface area contributed by atoms with Gasteiger partial charge in [0.2, 0.25) is 10.0 Å². The Morgan fingerprint density at radius 2 is 2.00 bits per heavy atom. The summed E-state index contributed by atoms with van der Waals surface area (Å²) in [6.45, 7) is -0.550. The Labute approximate surface area is 182 Å². The molecule has 0 atom stereocenters. The lowest BCUT2D eigenvalue weighted by Gasteiger charge is -2.17. The third-order valence-electron chi connectivity index (χ3n) is 3.75. The maximum Gasteiger partial charge on any atom is 0.311 e. The number of benzene rings is 2. The molecule has 13 heteroatoms. The molecule has 0 bridgehead atoms. The summed E-state index contributed by atoms with van der Waals surface area (Å²) < 4.78 is 30.9. The average Bonchev–Trinajstić information content (AvgIpc) is 2.69. The van der Waals surface area contributed by atoms with E-state index in [0.29, 0.717) is 5.56 Å². The largest absolute Gasteiger partial charge is 0.490 e. The summed E-state index contributed by atoms with van der Waals surface area (Å²) in [6, 6.07) is 8.06. The van der Waals surface area contributed by atoms with Crippen molar-refractivity contribution < 1.29 is 22.9 Å². The van der Waals surface area contributed by atoms with Crippen molar-refractivity contribution in [1.82, 2.24) is 9.73 Å². The number of methoxy groups -OCH3 is 1. The van der Waals surface area contributed by atoms with E-state index in [2.05, 4.69) is 10.5 Å². The number of nitrogens with zero attached hydrogens (tertiary/aromatic N) is 3. The summed E-state index contributed by atoms with van der Waals surface area (Å²) in [5.41, 5.74) is 2.21. The van der Waals surface area contributed by atoms with E-state index in [9.17, 15) is 23.3 Å². The van der Waals surface area contributed by atoms with E-state index < -0.39 is 27.4 Å². The monoisotopic (exact) mass is 474 g/mol. The van der Waals surface area contributed by atoms with Gasteiger partial charge >= 0.3 is 5.69 Å². The highest BCUT2D eigenvalue weighted by molar-refractivity contribution is 7.89. The molecule has 0 fully saturated rings. The van der Waals surface area contributed by atoms with Crippen molar-refractivity contribution in [1.29, 1.82) is 0 Å². The van der Waals surface area contributed by atoms with Crippen molar-refractivity contribution in [2.75, 3.05) is 20.7 Å². The number of nitro groups is 1. The van der Waals surface area contributed by atoms with Gasteiger partial charge in [0.25, 0.3) is 5.91 Å². The fourth-order valence-electron chi connectivity index (χ4n) is 2.27. The van der Waals surface area contributed by atoms with Crippen LogP contribution in [0.4, 0.5) is 5.69 Å². The predicted molar refractivity (Wildman–Crippen MR) is 112 cm³/mol. The van der Waals surface area contributed by atoms with Gasteiger partial charge in [-0.2, -0.15) is 9.41 Å². The van der Waals surface area contributed by atoms with Crippen molar-refractivity contribution in [3.05, 3.63) is 62.1 Å². The maximum atomic E-state index is 12.6. The Hall–Kier alpha value is -2.73. The molecule has 0 saturated heterocycles. The molecule has 0 saturated carbocycles. The summed E-state index contributed by atoms with van der Waals surface area (Å²) in [6.07, 6.45) is 1.17. The van der Waals surface area contributed by atoms with Gasteiger partial charge in [-0.3, -0.25) is 14.9 Å². The van der Waals surface area contributed by atoms with Crippen LogP contribution in [0.25, 0.3) is 0 Å². The topological polar surface area (TPSA) is 131 Å². The van der Waals surface area contributed by atoms with Crippen molar-refractivity contribution in [3.63, 3.8) is 0 Å². The average molecular weight is 475 g/mol. The molecule has 0 aliphatic heterocycles. The van der Waals surface area contributed by atoms with Crippen LogP contribution in [0.5, 0.6) is 5.75 Å². The van der Waals surface area contributed by atoms with Crippen LogP contribution in [-0.4, -0.2) is 50.5 Å². The van der Waals surface area contributed by atoms with Crippen LogP contribution in [0.1, 0.15) is 5.56 Å². The minimum atomic E-state index is -4.07. The zero-order chi connectivity index (χ0) is 22.5. The van der Waals surface area contributed by atoms with Gasteiger partial charge in [-0.25, -0.2) is 13.8 Å². The van der Waals surface area contributed by atoms with Crippen LogP contribution < -0.4 is 10.2 Å². The van der Waals surface area contributed by atoms with E-state index in [0.717, 1.165) is 4.31 Å². The number of carbonyl (C=O) groups is 1. The SMILES string of the molecule is COc1ccc(/C=N\NC(=O)CN(C)S(=O)(=O)c2cc(Cl)ccc2Cl)cc1[N+](=O)[O-]. The molecule has 0 spiro atoms. The summed E-state index contributed by atoms with van der Waals surface area (Å²) in [5, 5.41) is 14.8. The molecule has 0 heterocycles. The lowest BCUT2D eigenvalue weighted by Crippen LogP contribution is -2.36. The number of halogens is 2. The van der Waals surface area contributed by atoms with Crippen molar-refractivity contribution in [2.45, 2.75) is 4.90 Å². The molecule has 10 nitrogen and oxygen atoms in total. The van der Waals surface area contributed by atoms with E-state index in [4.69, 9.17) is 27.9 Å². The highest BCUT2D eigenvalue weighted by Crippen LogP contribution is 2.28. The van der Waals surface area contributed by atoms with E-state index in [-0.39, 0.29) is 26.4 Å². The summed E-state index contributed by atoms with van der Waals surface area (Å²) in [4.78, 5) is 22.2. The summed E-state index contributed by atoms with van der Waals surface area (Å²) >= 11 is 11.7. The van der Waals surface area contributed by atoms with E-state index in [1.165, 1.54) is 56.8 Å². The Morgan fingerprint density at radius 1 is 1.30 bits per heavy atom. The molecule has 30 heavy (non-hydrogen) atoms. The molecule has 1 N–H and O–H groups in total. The Balaban J connectivity index is 2.06. The molecule has 160 valence electrons. The van der Waals surface area contributed by atoms with Crippen LogP contribution in [0.3, 0.4) is 0 Å². The number of sulfonamides is 1. The molecule has 2 aromatic rings. The number of likely N-dealkylation sites (N-methyl/N-ethyl adjacent to an activating group) is 1. The van der Waals surface area contributed by atoms with Gasteiger partial charge in [-0.05, 0) is 30.3 Å². The zero-order valence-electron chi connectivity index (χ0n) is 15.7. The number of nitrogens with one attached hydrogen (secondary N) is 1. The Morgan fingerprint density at radius 3 is 2.63 bits per heavy atom. The third kappa shape index (κ3) is 5.66. The molecule has 0 aliphatic rings. The second kappa shape index (κ2) is 9.85. The van der Waals surface area contributed by atoms with Gasteiger partial charge in [0.05, 0.1) is 29.8 Å². The van der Waals surface area contributed by atoms with Crippen LogP contribution in [0.2, 0.25) is 10.0 Å². The number of rotatable bonds is 8. The van der Waals surface area contributed by atoms with E-state index >= 15 is 0 Å². The summed E-state index contributed by atoms with van der Waals surface area (Å²) in [5.74, 6) is -0.661. The molecule has 0 radical (unpaired) electrons. The normalized spacial score (nSPS) is 11.6. The summed E-state index contributed by atoms with van der Waals surface area (Å²) in [7, 11) is -1.57. The molecule has 0 unspecified atom stereocenters. The van der Waals surface area contributed by atoms with Gasteiger partial charge in [0.1, 0.15) is 4.90 Å². The van der Waals surface area contributed by atoms with Gasteiger partial charge in [-0.15, -0.1) is 0 Å². The van der Waals surface area contributed by atoms with Crippen molar-refractivity contribution in [2.24, 2.45) is 5.10 Å². The number of amides is 1. The number of ether oxygens (including phenoxy) is 1. The van der Waals surface area contributed by atoms with Gasteiger partial charge in [0.15, 0.2) is 5.75 Å². The third-order valence-corrected chi connectivity index (χ3v) is 6.27. The van der Waals surface area contributed by atoms with Gasteiger partial charge < -0.3 is 4.74 Å². The quantitative estimate of drug-likeness (QED) is 0.355. The lowest BCUT2D eigenvalue weighted by molar-refractivity contribution is -0.385. The lowest BCUT2D eigenvalue weighted by atomic mass is 10.2. The minimum Gasteiger partial charge on any atom is -0.490 e. The molecule has 1 amide bonds.